The van der Waals surface area contributed by atoms with Gasteiger partial charge in [0, 0.05) is 33.9 Å². The molecule has 2 aromatic carbocycles. The van der Waals surface area contributed by atoms with E-state index in [1.165, 1.54) is 12.1 Å². The van der Waals surface area contributed by atoms with Crippen LogP contribution in [0.4, 0.5) is 29.2 Å². The van der Waals surface area contributed by atoms with Gasteiger partial charge in [-0.2, -0.15) is 20.1 Å². The number of halogens is 1. The maximum absolute atomic E-state index is 11.0. The summed E-state index contributed by atoms with van der Waals surface area (Å²) in [4.78, 5) is 23.5. The van der Waals surface area contributed by atoms with E-state index in [1.807, 2.05) is 39.0 Å². The van der Waals surface area contributed by atoms with Gasteiger partial charge < -0.3 is 10.6 Å². The van der Waals surface area contributed by atoms with Crippen LogP contribution >= 0.6 is 11.6 Å². The molecule has 31 heavy (non-hydrogen) atoms. The van der Waals surface area contributed by atoms with Crippen LogP contribution in [0, 0.1) is 10.1 Å². The number of nitrogens with zero attached hydrogens (tertiary/aromatic N) is 5. The molecule has 0 radical (unpaired) electrons. The first-order chi connectivity index (χ1) is 14.7. The molecular formula is C20H21ClN8O2. The second-order valence-electron chi connectivity index (χ2n) is 7.51. The van der Waals surface area contributed by atoms with Crippen molar-refractivity contribution in [3.05, 3.63) is 69.2 Å². The second-order valence-corrected chi connectivity index (χ2v) is 7.91. The maximum Gasteiger partial charge on any atom is 0.271 e. The van der Waals surface area contributed by atoms with E-state index in [4.69, 9.17) is 11.6 Å². The quantitative estimate of drug-likeness (QED) is 0.270. The standard InChI is InChI=1S/C20H21ClN8O2/c1-20(2,3)27-18-24-17(23-14-8-6-9-15(11-14)29(30)31)25-19(26-18)28-22-12-13-7-4-5-10-16(13)21/h4-12H,1-3H3,(H3,23,24,25,26,27,28). The minimum absolute atomic E-state index is 0.0465. The van der Waals surface area contributed by atoms with Crippen molar-refractivity contribution in [1.82, 2.24) is 15.0 Å². The number of hydrazone groups is 1. The molecule has 0 atom stereocenters. The monoisotopic (exact) mass is 440 g/mol. The molecule has 0 saturated carbocycles. The average Bonchev–Trinajstić information content (AvgIpc) is 2.68. The third-order valence-corrected chi connectivity index (χ3v) is 4.05. The molecule has 3 N–H and O–H groups in total. The van der Waals surface area contributed by atoms with Gasteiger partial charge in [-0.05, 0) is 32.9 Å². The predicted molar refractivity (Wildman–Crippen MR) is 122 cm³/mol. The highest BCUT2D eigenvalue weighted by Gasteiger charge is 2.15. The van der Waals surface area contributed by atoms with Gasteiger partial charge in [-0.1, -0.05) is 35.9 Å². The molecule has 0 aliphatic heterocycles. The fourth-order valence-electron chi connectivity index (χ4n) is 2.44. The number of benzene rings is 2. The topological polar surface area (TPSA) is 130 Å². The summed E-state index contributed by atoms with van der Waals surface area (Å²) >= 11 is 6.13. The lowest BCUT2D eigenvalue weighted by Gasteiger charge is -2.20. The van der Waals surface area contributed by atoms with Crippen molar-refractivity contribution in [3.63, 3.8) is 0 Å². The van der Waals surface area contributed by atoms with E-state index in [-0.39, 0.29) is 23.1 Å². The summed E-state index contributed by atoms with van der Waals surface area (Å²) in [6.07, 6.45) is 1.55. The van der Waals surface area contributed by atoms with Gasteiger partial charge in [0.1, 0.15) is 0 Å². The Morgan fingerprint density at radius 3 is 2.45 bits per heavy atom. The van der Waals surface area contributed by atoms with Crippen LogP contribution in [-0.2, 0) is 0 Å². The Morgan fingerprint density at radius 1 is 1.03 bits per heavy atom. The first-order valence-corrected chi connectivity index (χ1v) is 9.67. The van der Waals surface area contributed by atoms with Gasteiger partial charge >= 0.3 is 0 Å². The van der Waals surface area contributed by atoms with Crippen LogP contribution in [0.5, 0.6) is 0 Å². The van der Waals surface area contributed by atoms with E-state index in [0.717, 1.165) is 5.56 Å². The molecule has 0 saturated heterocycles. The zero-order valence-electron chi connectivity index (χ0n) is 17.1. The van der Waals surface area contributed by atoms with E-state index in [2.05, 4.69) is 36.1 Å². The summed E-state index contributed by atoms with van der Waals surface area (Å²) < 4.78 is 0. The number of aromatic nitrogens is 3. The van der Waals surface area contributed by atoms with Gasteiger partial charge in [0.2, 0.25) is 17.8 Å². The SMILES string of the molecule is CC(C)(C)Nc1nc(NN=Cc2ccccc2Cl)nc(Nc2cccc([N+](=O)[O-])c2)n1. The number of nitro benzene ring substituents is 1. The molecule has 0 bridgehead atoms. The number of nitrogens with one attached hydrogen (secondary N) is 3. The number of nitro groups is 1. The van der Waals surface area contributed by atoms with Crippen LogP contribution in [0.2, 0.25) is 5.02 Å². The zero-order chi connectivity index (χ0) is 22.4. The van der Waals surface area contributed by atoms with E-state index in [9.17, 15) is 10.1 Å². The number of rotatable bonds is 7. The van der Waals surface area contributed by atoms with Crippen molar-refractivity contribution in [2.45, 2.75) is 26.3 Å². The lowest BCUT2D eigenvalue weighted by Crippen LogP contribution is -2.27. The molecule has 0 fully saturated rings. The maximum atomic E-state index is 11.0. The molecule has 1 aromatic heterocycles. The van der Waals surface area contributed by atoms with Gasteiger partial charge in [0.25, 0.3) is 5.69 Å². The second kappa shape index (κ2) is 9.35. The molecule has 3 aromatic rings. The van der Waals surface area contributed by atoms with Gasteiger partial charge in [0.15, 0.2) is 0 Å². The molecular weight excluding hydrogens is 420 g/mol. The highest BCUT2D eigenvalue weighted by atomic mass is 35.5. The fourth-order valence-corrected chi connectivity index (χ4v) is 2.62. The van der Waals surface area contributed by atoms with E-state index in [1.54, 1.807) is 24.4 Å². The molecule has 11 heteroatoms. The molecule has 3 rings (SSSR count). The summed E-state index contributed by atoms with van der Waals surface area (Å²) in [6, 6.07) is 13.3. The summed E-state index contributed by atoms with van der Waals surface area (Å²) in [5, 5.41) is 21.9. The Kier molecular flexibility index (Phi) is 6.61. The minimum atomic E-state index is -0.471. The largest absolute Gasteiger partial charge is 0.349 e. The van der Waals surface area contributed by atoms with Crippen LogP contribution in [0.15, 0.2) is 53.6 Å². The van der Waals surface area contributed by atoms with Crippen molar-refractivity contribution in [2.75, 3.05) is 16.1 Å². The molecule has 0 aliphatic rings. The Labute approximate surface area is 184 Å². The van der Waals surface area contributed by atoms with Crippen molar-refractivity contribution >= 4 is 47.0 Å². The normalized spacial score (nSPS) is 11.4. The van der Waals surface area contributed by atoms with Gasteiger partial charge in [-0.15, -0.1) is 0 Å². The van der Waals surface area contributed by atoms with Crippen LogP contribution in [0.3, 0.4) is 0 Å². The Hall–Kier alpha value is -3.79. The lowest BCUT2D eigenvalue weighted by atomic mass is 10.1. The molecule has 160 valence electrons. The van der Waals surface area contributed by atoms with Crippen molar-refractivity contribution in [3.8, 4) is 0 Å². The Morgan fingerprint density at radius 2 is 1.74 bits per heavy atom. The van der Waals surface area contributed by atoms with E-state index < -0.39 is 4.92 Å². The third-order valence-electron chi connectivity index (χ3n) is 3.71. The summed E-state index contributed by atoms with van der Waals surface area (Å²) in [6.45, 7) is 5.90. The van der Waals surface area contributed by atoms with E-state index in [0.29, 0.717) is 16.7 Å². The third kappa shape index (κ3) is 6.61. The van der Waals surface area contributed by atoms with E-state index >= 15 is 0 Å². The fraction of sp³-hybridized carbons (Fsp3) is 0.200. The first-order valence-electron chi connectivity index (χ1n) is 9.29. The van der Waals surface area contributed by atoms with Crippen molar-refractivity contribution in [1.29, 1.82) is 0 Å². The molecule has 0 unspecified atom stereocenters. The van der Waals surface area contributed by atoms with Gasteiger partial charge in [-0.25, -0.2) is 5.43 Å². The average molecular weight is 441 g/mol. The van der Waals surface area contributed by atoms with Crippen LogP contribution in [-0.4, -0.2) is 31.6 Å². The van der Waals surface area contributed by atoms with Crippen molar-refractivity contribution < 1.29 is 4.92 Å². The lowest BCUT2D eigenvalue weighted by molar-refractivity contribution is -0.384. The molecule has 0 aliphatic carbocycles. The van der Waals surface area contributed by atoms with Crippen LogP contribution in [0.1, 0.15) is 26.3 Å². The number of anilines is 4. The van der Waals surface area contributed by atoms with Crippen molar-refractivity contribution in [2.24, 2.45) is 5.10 Å². The predicted octanol–water partition coefficient (Wildman–Crippen LogP) is 4.83. The Bertz CT molecular complexity index is 1110. The smallest absolute Gasteiger partial charge is 0.271 e. The van der Waals surface area contributed by atoms with Crippen LogP contribution in [0.25, 0.3) is 0 Å². The highest BCUT2D eigenvalue weighted by molar-refractivity contribution is 6.33. The highest BCUT2D eigenvalue weighted by Crippen LogP contribution is 2.21. The Balaban J connectivity index is 1.86. The summed E-state index contributed by atoms with van der Waals surface area (Å²) in [7, 11) is 0. The minimum Gasteiger partial charge on any atom is -0.349 e. The van der Waals surface area contributed by atoms with Gasteiger partial charge in [0.05, 0.1) is 11.1 Å². The first kappa shape index (κ1) is 21.9. The molecule has 10 nitrogen and oxygen atoms in total. The van der Waals surface area contributed by atoms with Crippen LogP contribution < -0.4 is 16.1 Å². The number of hydrogen-bond donors (Lipinski definition) is 3. The number of non-ortho nitro benzene ring substituents is 1. The number of hydrogen-bond acceptors (Lipinski definition) is 9. The molecule has 0 spiro atoms. The molecule has 0 amide bonds. The molecule has 1 heterocycles. The summed E-state index contributed by atoms with van der Waals surface area (Å²) in [5.41, 5.74) is 3.61. The van der Waals surface area contributed by atoms with Gasteiger partial charge in [-0.3, -0.25) is 10.1 Å². The zero-order valence-corrected chi connectivity index (χ0v) is 17.9. The summed E-state index contributed by atoms with van der Waals surface area (Å²) in [5.74, 6) is 0.682.